The fraction of sp³-hybridized carbons (Fsp3) is 0.867. The summed E-state index contributed by atoms with van der Waals surface area (Å²) in [6.45, 7) is 2.28. The second-order valence-corrected chi connectivity index (χ2v) is 6.04. The first kappa shape index (κ1) is 9.93. The van der Waals surface area contributed by atoms with Crippen LogP contribution in [-0.2, 0) is 0 Å². The Morgan fingerprint density at radius 1 is 1.00 bits per heavy atom. The van der Waals surface area contributed by atoms with Gasteiger partial charge >= 0.3 is 0 Å². The minimum atomic E-state index is 0.970. The summed E-state index contributed by atoms with van der Waals surface area (Å²) >= 11 is 0. The molecule has 0 unspecified atom stereocenters. The standard InChI is InChI=1S/C15H23/c1-2-3-4-5-15-13-7-11-6-12(9-13)10-14(15)8-11/h11-14H,2-4,6-10H2,1H3. The highest BCUT2D eigenvalue weighted by Gasteiger charge is 2.44. The molecule has 0 N–H and O–H groups in total. The number of rotatable bonds is 3. The highest BCUT2D eigenvalue weighted by Crippen LogP contribution is 2.56. The van der Waals surface area contributed by atoms with E-state index in [2.05, 4.69) is 13.0 Å². The first-order valence-electron chi connectivity index (χ1n) is 6.97. The third kappa shape index (κ3) is 1.77. The lowest BCUT2D eigenvalue weighted by molar-refractivity contribution is 0.0685. The van der Waals surface area contributed by atoms with Crippen LogP contribution >= 0.6 is 0 Å². The molecule has 15 heavy (non-hydrogen) atoms. The van der Waals surface area contributed by atoms with Crippen LogP contribution in [-0.4, -0.2) is 0 Å². The van der Waals surface area contributed by atoms with E-state index < -0.39 is 0 Å². The molecule has 0 amide bonds. The zero-order valence-electron chi connectivity index (χ0n) is 9.97. The molecule has 4 aliphatic rings. The molecule has 4 aliphatic carbocycles. The van der Waals surface area contributed by atoms with Crippen LogP contribution in [0.3, 0.4) is 0 Å². The maximum atomic E-state index is 3.78. The SMILES string of the molecule is CCCC[C]=C1C2CC3CC(C2)CC1C3. The summed E-state index contributed by atoms with van der Waals surface area (Å²) in [5, 5.41) is 0. The second kappa shape index (κ2) is 3.96. The van der Waals surface area contributed by atoms with Gasteiger partial charge in [-0.25, -0.2) is 0 Å². The van der Waals surface area contributed by atoms with Crippen molar-refractivity contribution in [1.82, 2.24) is 0 Å². The Bertz CT molecular complexity index is 231. The molecular formula is C15H23. The third-order valence-electron chi connectivity index (χ3n) is 4.88. The Morgan fingerprint density at radius 3 is 2.13 bits per heavy atom. The van der Waals surface area contributed by atoms with Crippen molar-refractivity contribution in [3.05, 3.63) is 11.6 Å². The van der Waals surface area contributed by atoms with Crippen molar-refractivity contribution < 1.29 is 0 Å². The lowest BCUT2D eigenvalue weighted by atomic mass is 9.54. The fourth-order valence-electron chi connectivity index (χ4n) is 4.39. The van der Waals surface area contributed by atoms with Crippen LogP contribution in [0, 0.1) is 29.7 Å². The van der Waals surface area contributed by atoms with Gasteiger partial charge in [0.05, 0.1) is 0 Å². The molecule has 4 fully saturated rings. The predicted molar refractivity (Wildman–Crippen MR) is 63.3 cm³/mol. The summed E-state index contributed by atoms with van der Waals surface area (Å²) in [4.78, 5) is 0. The van der Waals surface area contributed by atoms with Crippen molar-refractivity contribution in [3.63, 3.8) is 0 Å². The van der Waals surface area contributed by atoms with E-state index in [9.17, 15) is 0 Å². The Kier molecular flexibility index (Phi) is 2.62. The fourth-order valence-corrected chi connectivity index (χ4v) is 4.39. The Hall–Kier alpha value is -0.260. The van der Waals surface area contributed by atoms with Gasteiger partial charge in [-0.05, 0) is 74.7 Å². The van der Waals surface area contributed by atoms with E-state index >= 15 is 0 Å². The Morgan fingerprint density at radius 2 is 1.60 bits per heavy atom. The van der Waals surface area contributed by atoms with Gasteiger partial charge in [0, 0.05) is 0 Å². The van der Waals surface area contributed by atoms with Gasteiger partial charge in [-0.2, -0.15) is 0 Å². The summed E-state index contributed by atoms with van der Waals surface area (Å²) in [5.41, 5.74) is 1.77. The van der Waals surface area contributed by atoms with E-state index in [1.54, 1.807) is 12.0 Å². The van der Waals surface area contributed by atoms with Crippen molar-refractivity contribution in [1.29, 1.82) is 0 Å². The number of allylic oxidation sites excluding steroid dienone is 2. The zero-order chi connectivity index (χ0) is 10.3. The van der Waals surface area contributed by atoms with Crippen LogP contribution in [0.4, 0.5) is 0 Å². The van der Waals surface area contributed by atoms with Gasteiger partial charge in [0.15, 0.2) is 0 Å². The van der Waals surface area contributed by atoms with E-state index in [0.29, 0.717) is 0 Å². The zero-order valence-corrected chi connectivity index (χ0v) is 9.97. The Labute approximate surface area is 94.1 Å². The molecule has 4 saturated carbocycles. The summed E-state index contributed by atoms with van der Waals surface area (Å²) in [7, 11) is 0. The highest BCUT2D eigenvalue weighted by atomic mass is 14.5. The van der Waals surface area contributed by atoms with Crippen molar-refractivity contribution in [3.8, 4) is 0 Å². The van der Waals surface area contributed by atoms with Crippen molar-refractivity contribution in [2.75, 3.05) is 0 Å². The molecule has 0 spiro atoms. The molecule has 4 rings (SSSR count). The molecule has 0 nitrogen and oxygen atoms in total. The molecule has 1 radical (unpaired) electrons. The van der Waals surface area contributed by atoms with E-state index in [1.807, 2.05) is 0 Å². The maximum absolute atomic E-state index is 3.78. The van der Waals surface area contributed by atoms with Gasteiger partial charge in [-0.3, -0.25) is 0 Å². The molecule has 0 heterocycles. The van der Waals surface area contributed by atoms with E-state index in [4.69, 9.17) is 0 Å². The van der Waals surface area contributed by atoms with Crippen LogP contribution in [0.25, 0.3) is 0 Å². The second-order valence-electron chi connectivity index (χ2n) is 6.04. The lowest BCUT2D eigenvalue weighted by Crippen LogP contribution is -2.40. The monoisotopic (exact) mass is 203 g/mol. The van der Waals surface area contributed by atoms with Crippen LogP contribution in [0.5, 0.6) is 0 Å². The topological polar surface area (TPSA) is 0 Å². The largest absolute Gasteiger partial charge is 0.0654 e. The van der Waals surface area contributed by atoms with Crippen molar-refractivity contribution in [2.45, 2.75) is 58.3 Å². The number of hydrogen-bond acceptors (Lipinski definition) is 0. The molecule has 4 bridgehead atoms. The summed E-state index contributed by atoms with van der Waals surface area (Å²) in [6, 6.07) is 0. The highest BCUT2D eigenvalue weighted by molar-refractivity contribution is 5.17. The molecule has 0 aliphatic heterocycles. The molecule has 0 aromatic carbocycles. The van der Waals surface area contributed by atoms with Crippen LogP contribution in [0.2, 0.25) is 0 Å². The van der Waals surface area contributed by atoms with E-state index in [-0.39, 0.29) is 0 Å². The van der Waals surface area contributed by atoms with Gasteiger partial charge in [0.25, 0.3) is 0 Å². The minimum absolute atomic E-state index is 0.970. The van der Waals surface area contributed by atoms with Crippen LogP contribution < -0.4 is 0 Å². The lowest BCUT2D eigenvalue weighted by Gasteiger charge is -2.51. The number of hydrogen-bond donors (Lipinski definition) is 0. The van der Waals surface area contributed by atoms with Crippen LogP contribution in [0.15, 0.2) is 5.57 Å². The Balaban J connectivity index is 1.72. The maximum Gasteiger partial charge on any atom is -0.0189 e. The first-order valence-corrected chi connectivity index (χ1v) is 6.97. The molecule has 0 aromatic heterocycles. The number of unbranched alkanes of at least 4 members (excludes halogenated alkanes) is 2. The van der Waals surface area contributed by atoms with Gasteiger partial charge < -0.3 is 0 Å². The van der Waals surface area contributed by atoms with Gasteiger partial charge in [-0.1, -0.05) is 18.9 Å². The van der Waals surface area contributed by atoms with Crippen LogP contribution in [0.1, 0.15) is 58.3 Å². The molecule has 83 valence electrons. The molecule has 0 heteroatoms. The summed E-state index contributed by atoms with van der Waals surface area (Å²) in [5.74, 6) is 4.14. The van der Waals surface area contributed by atoms with Gasteiger partial charge in [0.2, 0.25) is 0 Å². The molecule has 0 aromatic rings. The van der Waals surface area contributed by atoms with E-state index in [0.717, 1.165) is 23.7 Å². The average Bonchev–Trinajstić information content (AvgIpc) is 2.21. The first-order chi connectivity index (χ1) is 7.36. The van der Waals surface area contributed by atoms with Gasteiger partial charge in [-0.15, -0.1) is 0 Å². The smallest absolute Gasteiger partial charge is 0.0189 e. The van der Waals surface area contributed by atoms with Crippen molar-refractivity contribution in [2.24, 2.45) is 23.7 Å². The average molecular weight is 203 g/mol. The third-order valence-corrected chi connectivity index (χ3v) is 4.88. The van der Waals surface area contributed by atoms with Gasteiger partial charge in [0.1, 0.15) is 0 Å². The quantitative estimate of drug-likeness (QED) is 0.598. The molecular weight excluding hydrogens is 180 g/mol. The predicted octanol–water partition coefficient (Wildman–Crippen LogP) is 4.36. The van der Waals surface area contributed by atoms with Crippen molar-refractivity contribution >= 4 is 0 Å². The molecule has 0 atom stereocenters. The van der Waals surface area contributed by atoms with E-state index in [1.165, 1.54) is 44.9 Å². The minimum Gasteiger partial charge on any atom is -0.0654 e. The summed E-state index contributed by atoms with van der Waals surface area (Å²) in [6.07, 6.45) is 15.3. The molecule has 0 saturated heterocycles. The summed E-state index contributed by atoms with van der Waals surface area (Å²) < 4.78 is 0. The normalized spacial score (nSPS) is 42.3.